The summed E-state index contributed by atoms with van der Waals surface area (Å²) in [5.41, 5.74) is 3.71. The fraction of sp³-hybridized carbons (Fsp3) is 0.333. The predicted octanol–water partition coefficient (Wildman–Crippen LogP) is 2.54. The second-order valence-electron chi connectivity index (χ2n) is 5.85. The van der Waals surface area contributed by atoms with E-state index < -0.39 is 6.10 Å². The van der Waals surface area contributed by atoms with E-state index in [1.165, 1.54) is 11.1 Å². The summed E-state index contributed by atoms with van der Waals surface area (Å²) in [5.74, 6) is 0.818. The lowest BCUT2D eigenvalue weighted by Gasteiger charge is -2.40. The van der Waals surface area contributed by atoms with Crippen LogP contribution in [0.1, 0.15) is 22.8 Å². The molecule has 1 N–H and O–H groups in total. The molecule has 0 bridgehead atoms. The number of fused-ring (bicyclic) bond motifs is 2. The minimum absolute atomic E-state index is 0.0354. The molecule has 2 aromatic carbocycles. The molecule has 0 saturated carbocycles. The average Bonchev–Trinajstić information content (AvgIpc) is 2.55. The highest BCUT2D eigenvalue weighted by molar-refractivity contribution is 5.38. The van der Waals surface area contributed by atoms with E-state index in [-0.39, 0.29) is 6.04 Å². The lowest BCUT2D eigenvalue weighted by Crippen LogP contribution is -2.47. The minimum atomic E-state index is -0.472. The van der Waals surface area contributed by atoms with Gasteiger partial charge in [0.05, 0.1) is 6.04 Å². The molecule has 0 saturated heterocycles. The number of para-hydroxylation sites is 1. The normalized spacial score (nSPS) is 24.8. The second kappa shape index (κ2) is 5.17. The van der Waals surface area contributed by atoms with Crippen molar-refractivity contribution in [2.45, 2.75) is 25.1 Å². The summed E-state index contributed by atoms with van der Waals surface area (Å²) in [6.45, 7) is 2.42. The summed E-state index contributed by atoms with van der Waals surface area (Å²) in [7, 11) is 0. The highest BCUT2D eigenvalue weighted by Crippen LogP contribution is 2.35. The van der Waals surface area contributed by atoms with Crippen LogP contribution in [0.25, 0.3) is 0 Å². The van der Waals surface area contributed by atoms with Crippen LogP contribution in [-0.2, 0) is 13.0 Å². The molecule has 3 heteroatoms. The molecular formula is C18H19NO2. The van der Waals surface area contributed by atoms with Gasteiger partial charge in [-0.25, -0.2) is 0 Å². The Hall–Kier alpha value is -1.84. The Labute approximate surface area is 124 Å². The van der Waals surface area contributed by atoms with Gasteiger partial charge in [0, 0.05) is 18.7 Å². The van der Waals surface area contributed by atoms with E-state index in [4.69, 9.17) is 4.74 Å². The van der Waals surface area contributed by atoms with E-state index in [0.717, 1.165) is 30.8 Å². The lowest BCUT2D eigenvalue weighted by molar-refractivity contribution is -0.00285. The Bertz CT molecular complexity index is 655. The van der Waals surface area contributed by atoms with Crippen LogP contribution in [0.5, 0.6) is 5.75 Å². The van der Waals surface area contributed by atoms with E-state index in [9.17, 15) is 5.11 Å². The van der Waals surface area contributed by atoms with Crippen molar-refractivity contribution in [3.05, 3.63) is 65.2 Å². The molecule has 0 amide bonds. The largest absolute Gasteiger partial charge is 0.491 e. The van der Waals surface area contributed by atoms with E-state index in [2.05, 4.69) is 29.2 Å². The highest BCUT2D eigenvalue weighted by Gasteiger charge is 2.34. The molecule has 0 radical (unpaired) electrons. The van der Waals surface area contributed by atoms with Gasteiger partial charge in [-0.1, -0.05) is 42.5 Å². The van der Waals surface area contributed by atoms with Crippen LogP contribution < -0.4 is 4.74 Å². The molecule has 3 nitrogen and oxygen atoms in total. The summed E-state index contributed by atoms with van der Waals surface area (Å²) >= 11 is 0. The zero-order chi connectivity index (χ0) is 14.2. The van der Waals surface area contributed by atoms with Gasteiger partial charge in [-0.05, 0) is 23.6 Å². The van der Waals surface area contributed by atoms with Crippen LogP contribution in [0, 0.1) is 0 Å². The molecule has 108 valence electrons. The Morgan fingerprint density at radius 2 is 1.76 bits per heavy atom. The van der Waals surface area contributed by atoms with E-state index in [1.54, 1.807) is 0 Å². The predicted molar refractivity (Wildman–Crippen MR) is 81.2 cm³/mol. The van der Waals surface area contributed by atoms with Gasteiger partial charge in [0.1, 0.15) is 18.5 Å². The Kier molecular flexibility index (Phi) is 3.17. The van der Waals surface area contributed by atoms with Gasteiger partial charge in [-0.15, -0.1) is 0 Å². The first kappa shape index (κ1) is 12.9. The van der Waals surface area contributed by atoms with Gasteiger partial charge in [0.15, 0.2) is 0 Å². The lowest BCUT2D eigenvalue weighted by atomic mass is 9.94. The molecule has 21 heavy (non-hydrogen) atoms. The summed E-state index contributed by atoms with van der Waals surface area (Å²) in [6.07, 6.45) is 0.571. The van der Waals surface area contributed by atoms with Crippen LogP contribution in [0.4, 0.5) is 0 Å². The van der Waals surface area contributed by atoms with Gasteiger partial charge < -0.3 is 9.84 Å². The fourth-order valence-corrected chi connectivity index (χ4v) is 3.44. The van der Waals surface area contributed by atoms with Crippen molar-refractivity contribution in [2.75, 3.05) is 13.2 Å². The topological polar surface area (TPSA) is 32.7 Å². The van der Waals surface area contributed by atoms with E-state index in [0.29, 0.717) is 6.61 Å². The van der Waals surface area contributed by atoms with Crippen molar-refractivity contribution >= 4 is 0 Å². The van der Waals surface area contributed by atoms with Gasteiger partial charge in [-0.3, -0.25) is 4.90 Å². The Morgan fingerprint density at radius 3 is 2.67 bits per heavy atom. The molecule has 2 atom stereocenters. The molecule has 2 heterocycles. The maximum atomic E-state index is 10.7. The zero-order valence-electron chi connectivity index (χ0n) is 11.9. The maximum Gasteiger partial charge on any atom is 0.125 e. The van der Waals surface area contributed by atoms with Crippen LogP contribution >= 0.6 is 0 Å². The number of aliphatic hydroxyl groups is 1. The van der Waals surface area contributed by atoms with Crippen molar-refractivity contribution in [3.8, 4) is 5.75 Å². The Balaban J connectivity index is 1.59. The third-order valence-corrected chi connectivity index (χ3v) is 4.64. The fourth-order valence-electron chi connectivity index (χ4n) is 3.44. The first-order valence-electron chi connectivity index (χ1n) is 7.53. The van der Waals surface area contributed by atoms with Crippen molar-refractivity contribution in [2.24, 2.45) is 0 Å². The minimum Gasteiger partial charge on any atom is -0.491 e. The van der Waals surface area contributed by atoms with Gasteiger partial charge in [0.2, 0.25) is 0 Å². The SMILES string of the molecule is OC1c2ccccc2OCC1N1CCc2ccccc2C1. The molecule has 0 aliphatic carbocycles. The van der Waals surface area contributed by atoms with Gasteiger partial charge in [-0.2, -0.15) is 0 Å². The van der Waals surface area contributed by atoms with Crippen LogP contribution in [0.2, 0.25) is 0 Å². The zero-order valence-corrected chi connectivity index (χ0v) is 11.9. The molecule has 2 unspecified atom stereocenters. The molecule has 2 aliphatic heterocycles. The van der Waals surface area contributed by atoms with Crippen molar-refractivity contribution in [1.82, 2.24) is 4.90 Å². The summed E-state index contributed by atoms with van der Waals surface area (Å²) in [6, 6.07) is 16.4. The quantitative estimate of drug-likeness (QED) is 0.872. The number of ether oxygens (including phenoxy) is 1. The number of nitrogens with zero attached hydrogens (tertiary/aromatic N) is 1. The third-order valence-electron chi connectivity index (χ3n) is 4.64. The summed E-state index contributed by atoms with van der Waals surface area (Å²) in [4.78, 5) is 2.35. The van der Waals surface area contributed by atoms with Crippen LogP contribution in [-0.4, -0.2) is 29.2 Å². The van der Waals surface area contributed by atoms with Crippen molar-refractivity contribution in [1.29, 1.82) is 0 Å². The first-order valence-corrected chi connectivity index (χ1v) is 7.53. The number of benzene rings is 2. The first-order chi connectivity index (χ1) is 10.3. The van der Waals surface area contributed by atoms with Crippen LogP contribution in [0.15, 0.2) is 48.5 Å². The van der Waals surface area contributed by atoms with Gasteiger partial charge >= 0.3 is 0 Å². The monoisotopic (exact) mass is 281 g/mol. The molecule has 2 aromatic rings. The number of rotatable bonds is 1. The number of aliphatic hydroxyl groups excluding tert-OH is 1. The van der Waals surface area contributed by atoms with E-state index in [1.807, 2.05) is 24.3 Å². The smallest absolute Gasteiger partial charge is 0.125 e. The standard InChI is InChI=1S/C18H19NO2/c20-18-15-7-3-4-8-17(15)21-12-16(18)19-10-9-13-5-1-2-6-14(13)11-19/h1-8,16,18,20H,9-12H2. The Morgan fingerprint density at radius 1 is 1.00 bits per heavy atom. The number of hydrogen-bond donors (Lipinski definition) is 1. The molecule has 0 fully saturated rings. The molecular weight excluding hydrogens is 262 g/mol. The highest BCUT2D eigenvalue weighted by atomic mass is 16.5. The summed E-state index contributed by atoms with van der Waals surface area (Å²) in [5, 5.41) is 10.7. The molecule has 0 spiro atoms. The maximum absolute atomic E-state index is 10.7. The van der Waals surface area contributed by atoms with Crippen LogP contribution in [0.3, 0.4) is 0 Å². The second-order valence-corrected chi connectivity index (χ2v) is 5.85. The van der Waals surface area contributed by atoms with Crippen molar-refractivity contribution in [3.63, 3.8) is 0 Å². The molecule has 4 rings (SSSR count). The molecule has 0 aromatic heterocycles. The average molecular weight is 281 g/mol. The van der Waals surface area contributed by atoms with Gasteiger partial charge in [0.25, 0.3) is 0 Å². The van der Waals surface area contributed by atoms with E-state index >= 15 is 0 Å². The third kappa shape index (κ3) is 2.23. The molecule has 2 aliphatic rings. The number of hydrogen-bond acceptors (Lipinski definition) is 3. The van der Waals surface area contributed by atoms with Crippen molar-refractivity contribution < 1.29 is 9.84 Å². The summed E-state index contributed by atoms with van der Waals surface area (Å²) < 4.78 is 5.85.